The molecule has 1 amide bonds. The highest BCUT2D eigenvalue weighted by Crippen LogP contribution is 2.32. The highest BCUT2D eigenvalue weighted by Gasteiger charge is 2.26. The Morgan fingerprint density at radius 1 is 1.16 bits per heavy atom. The quantitative estimate of drug-likeness (QED) is 0.791. The van der Waals surface area contributed by atoms with Gasteiger partial charge in [0.2, 0.25) is 5.71 Å². The Labute approximate surface area is 144 Å². The van der Waals surface area contributed by atoms with Crippen molar-refractivity contribution in [2.24, 2.45) is 0 Å². The zero-order valence-electron chi connectivity index (χ0n) is 13.9. The second-order valence-corrected chi connectivity index (χ2v) is 5.83. The van der Waals surface area contributed by atoms with E-state index in [1.165, 1.54) is 6.33 Å². The van der Waals surface area contributed by atoms with E-state index in [0.29, 0.717) is 41.5 Å². The fourth-order valence-electron chi connectivity index (χ4n) is 3.03. The Morgan fingerprint density at radius 3 is 2.68 bits per heavy atom. The number of aromatic nitrogens is 2. The molecule has 3 heterocycles. The van der Waals surface area contributed by atoms with Crippen molar-refractivity contribution in [3.63, 3.8) is 0 Å². The van der Waals surface area contributed by atoms with Gasteiger partial charge in [0.15, 0.2) is 0 Å². The number of hydrogen-bond acceptors (Lipinski definition) is 6. The average molecular weight is 338 g/mol. The van der Waals surface area contributed by atoms with E-state index in [1.807, 2.05) is 30.3 Å². The third-order valence-electron chi connectivity index (χ3n) is 4.21. The van der Waals surface area contributed by atoms with Gasteiger partial charge in [-0.05, 0) is 19.1 Å². The first-order chi connectivity index (χ1) is 12.2. The van der Waals surface area contributed by atoms with Crippen molar-refractivity contribution in [1.29, 1.82) is 0 Å². The van der Waals surface area contributed by atoms with Crippen LogP contribution in [-0.2, 0) is 4.74 Å². The van der Waals surface area contributed by atoms with Gasteiger partial charge in [-0.25, -0.2) is 9.97 Å². The van der Waals surface area contributed by atoms with Crippen LogP contribution in [0.2, 0.25) is 0 Å². The van der Waals surface area contributed by atoms with Crippen molar-refractivity contribution in [2.45, 2.75) is 6.92 Å². The van der Waals surface area contributed by atoms with E-state index in [2.05, 4.69) is 20.2 Å². The van der Waals surface area contributed by atoms with Crippen LogP contribution in [0.25, 0.3) is 11.1 Å². The van der Waals surface area contributed by atoms with Gasteiger partial charge >= 0.3 is 0 Å². The van der Waals surface area contributed by atoms with Crippen molar-refractivity contribution in [1.82, 2.24) is 9.97 Å². The third-order valence-corrected chi connectivity index (χ3v) is 4.21. The molecule has 1 aliphatic heterocycles. The average Bonchev–Trinajstić information content (AvgIpc) is 2.99. The molecule has 0 bridgehead atoms. The predicted molar refractivity (Wildman–Crippen MR) is 94.0 cm³/mol. The number of carbonyl (C=O) groups is 1. The number of benzene rings is 1. The maximum atomic E-state index is 12.9. The number of furan rings is 1. The Kier molecular flexibility index (Phi) is 4.07. The van der Waals surface area contributed by atoms with Crippen molar-refractivity contribution >= 4 is 28.5 Å². The van der Waals surface area contributed by atoms with Crippen molar-refractivity contribution in [3.05, 3.63) is 48.0 Å². The number of nitrogens with one attached hydrogen (secondary N) is 1. The molecule has 0 spiro atoms. The van der Waals surface area contributed by atoms with E-state index in [4.69, 9.17) is 9.15 Å². The highest BCUT2D eigenvalue weighted by atomic mass is 16.5. The maximum absolute atomic E-state index is 12.9. The molecule has 25 heavy (non-hydrogen) atoms. The van der Waals surface area contributed by atoms with Crippen molar-refractivity contribution in [2.75, 3.05) is 36.5 Å². The Hall–Kier alpha value is -2.93. The Morgan fingerprint density at radius 2 is 1.92 bits per heavy atom. The van der Waals surface area contributed by atoms with Gasteiger partial charge in [0.1, 0.15) is 17.9 Å². The SMILES string of the molecule is Cc1oc2ncnc(N3CCOCC3)c2c1C(=O)Nc1ccccc1. The topological polar surface area (TPSA) is 80.5 Å². The van der Waals surface area contributed by atoms with Crippen LogP contribution in [-0.4, -0.2) is 42.2 Å². The largest absolute Gasteiger partial charge is 0.442 e. The first kappa shape index (κ1) is 15.6. The fourth-order valence-corrected chi connectivity index (χ4v) is 3.03. The monoisotopic (exact) mass is 338 g/mol. The molecule has 128 valence electrons. The Bertz CT molecular complexity index is 901. The van der Waals surface area contributed by atoms with E-state index in [1.54, 1.807) is 6.92 Å². The van der Waals surface area contributed by atoms with Crippen LogP contribution in [0.15, 0.2) is 41.1 Å². The van der Waals surface area contributed by atoms with Crippen LogP contribution < -0.4 is 10.2 Å². The normalized spacial score (nSPS) is 14.7. The zero-order chi connectivity index (χ0) is 17.2. The summed E-state index contributed by atoms with van der Waals surface area (Å²) in [6.07, 6.45) is 1.47. The van der Waals surface area contributed by atoms with Gasteiger partial charge in [0, 0.05) is 18.8 Å². The summed E-state index contributed by atoms with van der Waals surface area (Å²) >= 11 is 0. The summed E-state index contributed by atoms with van der Waals surface area (Å²) in [5.74, 6) is 1.01. The smallest absolute Gasteiger partial charge is 0.260 e. The highest BCUT2D eigenvalue weighted by molar-refractivity contribution is 6.15. The summed E-state index contributed by atoms with van der Waals surface area (Å²) < 4.78 is 11.1. The van der Waals surface area contributed by atoms with Gasteiger partial charge in [-0.1, -0.05) is 18.2 Å². The molecular formula is C18H18N4O3. The number of amides is 1. The lowest BCUT2D eigenvalue weighted by Crippen LogP contribution is -2.37. The molecule has 4 rings (SSSR count). The van der Waals surface area contributed by atoms with E-state index in [0.717, 1.165) is 18.8 Å². The number of hydrogen-bond donors (Lipinski definition) is 1. The summed E-state index contributed by atoms with van der Waals surface area (Å²) in [5.41, 5.74) is 1.62. The molecule has 1 N–H and O–H groups in total. The lowest BCUT2D eigenvalue weighted by atomic mass is 10.1. The number of anilines is 2. The van der Waals surface area contributed by atoms with Gasteiger partial charge in [0.25, 0.3) is 5.91 Å². The molecule has 0 radical (unpaired) electrons. The number of rotatable bonds is 3. The minimum atomic E-state index is -0.230. The van der Waals surface area contributed by atoms with Gasteiger partial charge in [-0.2, -0.15) is 0 Å². The second-order valence-electron chi connectivity index (χ2n) is 5.83. The van der Waals surface area contributed by atoms with E-state index >= 15 is 0 Å². The molecule has 0 atom stereocenters. The number of nitrogens with zero attached hydrogens (tertiary/aromatic N) is 3. The number of carbonyl (C=O) groups excluding carboxylic acids is 1. The molecule has 1 fully saturated rings. The summed E-state index contributed by atoms with van der Waals surface area (Å²) in [4.78, 5) is 23.6. The van der Waals surface area contributed by atoms with Crippen LogP contribution in [0, 0.1) is 6.92 Å². The minimum absolute atomic E-state index is 0.230. The molecule has 0 unspecified atom stereocenters. The molecular weight excluding hydrogens is 320 g/mol. The van der Waals surface area contributed by atoms with Crippen molar-refractivity contribution in [3.8, 4) is 0 Å². The summed E-state index contributed by atoms with van der Waals surface area (Å²) in [6.45, 7) is 4.47. The number of ether oxygens (including phenoxy) is 1. The molecule has 7 nitrogen and oxygen atoms in total. The fraction of sp³-hybridized carbons (Fsp3) is 0.278. The molecule has 3 aromatic rings. The number of para-hydroxylation sites is 1. The van der Waals surface area contributed by atoms with Crippen LogP contribution in [0.1, 0.15) is 16.1 Å². The molecule has 1 aromatic carbocycles. The van der Waals surface area contributed by atoms with Gasteiger partial charge < -0.3 is 19.4 Å². The zero-order valence-corrected chi connectivity index (χ0v) is 13.9. The number of fused-ring (bicyclic) bond motifs is 1. The van der Waals surface area contributed by atoms with E-state index in [9.17, 15) is 4.79 Å². The lowest BCUT2D eigenvalue weighted by Gasteiger charge is -2.28. The van der Waals surface area contributed by atoms with Gasteiger partial charge in [0.05, 0.1) is 24.2 Å². The molecule has 0 aliphatic carbocycles. The number of aryl methyl sites for hydroxylation is 1. The first-order valence-corrected chi connectivity index (χ1v) is 8.17. The van der Waals surface area contributed by atoms with Crippen LogP contribution >= 0.6 is 0 Å². The van der Waals surface area contributed by atoms with Crippen molar-refractivity contribution < 1.29 is 13.9 Å². The van der Waals surface area contributed by atoms with Gasteiger partial charge in [-0.15, -0.1) is 0 Å². The van der Waals surface area contributed by atoms with Crippen LogP contribution in [0.3, 0.4) is 0 Å². The van der Waals surface area contributed by atoms with Crippen LogP contribution in [0.4, 0.5) is 11.5 Å². The first-order valence-electron chi connectivity index (χ1n) is 8.17. The predicted octanol–water partition coefficient (Wildman–Crippen LogP) is 2.62. The van der Waals surface area contributed by atoms with Gasteiger partial charge in [-0.3, -0.25) is 4.79 Å². The Balaban J connectivity index is 1.77. The summed E-state index contributed by atoms with van der Waals surface area (Å²) in [5, 5.41) is 3.56. The third kappa shape index (κ3) is 2.94. The molecule has 0 saturated carbocycles. The molecule has 2 aromatic heterocycles. The lowest BCUT2D eigenvalue weighted by molar-refractivity contribution is 0.102. The molecule has 7 heteroatoms. The standard InChI is InChI=1S/C18H18N4O3/c1-12-14(17(23)21-13-5-3-2-4-6-13)15-16(19-11-20-18(15)25-12)22-7-9-24-10-8-22/h2-6,11H,7-10H2,1H3,(H,21,23). The van der Waals surface area contributed by atoms with E-state index < -0.39 is 0 Å². The molecule has 1 saturated heterocycles. The summed E-state index contributed by atoms with van der Waals surface area (Å²) in [6, 6.07) is 9.33. The minimum Gasteiger partial charge on any atom is -0.442 e. The summed E-state index contributed by atoms with van der Waals surface area (Å²) in [7, 11) is 0. The second kappa shape index (κ2) is 6.52. The number of morpholine rings is 1. The molecule has 1 aliphatic rings. The van der Waals surface area contributed by atoms with Crippen LogP contribution in [0.5, 0.6) is 0 Å². The van der Waals surface area contributed by atoms with E-state index in [-0.39, 0.29) is 5.91 Å². The maximum Gasteiger partial charge on any atom is 0.260 e.